The third-order valence-electron chi connectivity index (χ3n) is 5.21. The van der Waals surface area contributed by atoms with Gasteiger partial charge in [-0.25, -0.2) is 0 Å². The molecule has 0 saturated carbocycles. The van der Waals surface area contributed by atoms with Gasteiger partial charge in [-0.3, -0.25) is 9.59 Å². The molecule has 0 radical (unpaired) electrons. The van der Waals surface area contributed by atoms with E-state index in [1.54, 1.807) is 40.9 Å². The average Bonchev–Trinajstić information content (AvgIpc) is 3.35. The molecule has 3 heterocycles. The zero-order chi connectivity index (χ0) is 19.6. The van der Waals surface area contributed by atoms with Gasteiger partial charge in [-0.1, -0.05) is 11.6 Å². The summed E-state index contributed by atoms with van der Waals surface area (Å²) in [5, 5.41) is 3.50. The molecule has 2 atom stereocenters. The Labute approximate surface area is 173 Å². The van der Waals surface area contributed by atoms with E-state index in [4.69, 9.17) is 25.8 Å². The number of hydrogen-bond acceptors (Lipinski definition) is 6. The highest BCUT2D eigenvalue weighted by molar-refractivity contribution is 7.99. The number of amides is 2. The molecule has 152 valence electrons. The Kier molecular flexibility index (Phi) is 6.13. The Balaban J connectivity index is 1.31. The van der Waals surface area contributed by atoms with Crippen molar-refractivity contribution in [3.05, 3.63) is 34.9 Å². The summed E-state index contributed by atoms with van der Waals surface area (Å²) in [4.78, 5) is 27.1. The number of nitrogens with one attached hydrogen (secondary N) is 1. The van der Waals surface area contributed by atoms with Gasteiger partial charge in [0, 0.05) is 35.7 Å². The Morgan fingerprint density at radius 3 is 2.75 bits per heavy atom. The smallest absolute Gasteiger partial charge is 0.255 e. The minimum absolute atomic E-state index is 0.163. The molecular weight excluding hydrogens is 404 g/mol. The second-order valence-electron chi connectivity index (χ2n) is 7.12. The summed E-state index contributed by atoms with van der Waals surface area (Å²) < 4.78 is 17.2. The molecule has 9 heteroatoms. The van der Waals surface area contributed by atoms with Crippen LogP contribution in [-0.4, -0.2) is 72.6 Å². The van der Waals surface area contributed by atoms with Crippen molar-refractivity contribution in [1.29, 1.82) is 0 Å². The van der Waals surface area contributed by atoms with Crippen molar-refractivity contribution in [3.8, 4) is 0 Å². The number of hydrogen-bond donors (Lipinski definition) is 1. The molecule has 0 unspecified atom stereocenters. The van der Waals surface area contributed by atoms with E-state index in [0.717, 1.165) is 0 Å². The van der Waals surface area contributed by atoms with E-state index in [2.05, 4.69) is 5.32 Å². The Hall–Kier alpha value is -1.32. The summed E-state index contributed by atoms with van der Waals surface area (Å²) in [6.07, 6.45) is 1.23. The quantitative estimate of drug-likeness (QED) is 0.792. The lowest BCUT2D eigenvalue weighted by Crippen LogP contribution is -2.49. The fraction of sp³-hybridized carbons (Fsp3) is 0.579. The van der Waals surface area contributed by atoms with Crippen LogP contribution in [0.15, 0.2) is 24.3 Å². The first-order valence-corrected chi connectivity index (χ1v) is 10.9. The number of thioether (sulfide) groups is 1. The number of nitrogens with zero attached hydrogens (tertiary/aromatic N) is 1. The van der Waals surface area contributed by atoms with Gasteiger partial charge in [0.2, 0.25) is 5.91 Å². The number of benzene rings is 1. The molecule has 1 spiro atoms. The minimum atomic E-state index is -0.562. The molecule has 4 rings (SSSR count). The van der Waals surface area contributed by atoms with E-state index in [0.29, 0.717) is 61.4 Å². The molecule has 7 nitrogen and oxygen atoms in total. The molecule has 1 N–H and O–H groups in total. The maximum atomic E-state index is 12.8. The summed E-state index contributed by atoms with van der Waals surface area (Å²) in [5.74, 6) is 0.181. The van der Waals surface area contributed by atoms with Crippen LogP contribution in [0.2, 0.25) is 5.02 Å². The second-order valence-corrected chi connectivity index (χ2v) is 8.55. The van der Waals surface area contributed by atoms with E-state index < -0.39 is 11.8 Å². The SMILES string of the molecule is O=C(NC[C@H]1COC2(CCOCC2)O1)[C@@H]1CSCN1C(=O)c1ccc(Cl)cc1. The van der Waals surface area contributed by atoms with Gasteiger partial charge in [0.1, 0.15) is 12.1 Å². The average molecular weight is 427 g/mol. The van der Waals surface area contributed by atoms with Crippen LogP contribution in [-0.2, 0) is 19.0 Å². The van der Waals surface area contributed by atoms with E-state index in [1.807, 2.05) is 0 Å². The Morgan fingerprint density at radius 1 is 1.25 bits per heavy atom. The van der Waals surface area contributed by atoms with Gasteiger partial charge in [0.05, 0.1) is 25.7 Å². The van der Waals surface area contributed by atoms with E-state index >= 15 is 0 Å². The fourth-order valence-electron chi connectivity index (χ4n) is 3.61. The molecule has 0 aliphatic carbocycles. The molecule has 1 aromatic rings. The first-order valence-electron chi connectivity index (χ1n) is 9.38. The maximum absolute atomic E-state index is 12.8. The standard InChI is InChI=1S/C19H23ClN2O5S/c20-14-3-1-13(2-4-14)18(24)22-12-28-11-16(22)17(23)21-9-15-10-26-19(27-15)5-7-25-8-6-19/h1-4,15-16H,5-12H2,(H,21,23)/t15-,16-/m0/s1. The largest absolute Gasteiger partial charge is 0.381 e. The number of rotatable bonds is 4. The lowest BCUT2D eigenvalue weighted by atomic mass is 10.1. The van der Waals surface area contributed by atoms with Crippen molar-refractivity contribution in [3.63, 3.8) is 0 Å². The molecule has 0 bridgehead atoms. The zero-order valence-corrected chi connectivity index (χ0v) is 17.0. The number of carbonyl (C=O) groups is 2. The molecule has 0 aromatic heterocycles. The van der Waals surface area contributed by atoms with Gasteiger partial charge in [-0.2, -0.15) is 0 Å². The van der Waals surface area contributed by atoms with Crippen LogP contribution in [0, 0.1) is 0 Å². The molecule has 1 aromatic carbocycles. The van der Waals surface area contributed by atoms with Gasteiger partial charge >= 0.3 is 0 Å². The Morgan fingerprint density at radius 2 is 2.00 bits per heavy atom. The molecule has 3 saturated heterocycles. The molecule has 3 aliphatic rings. The van der Waals surface area contributed by atoms with Crippen LogP contribution < -0.4 is 5.32 Å². The van der Waals surface area contributed by atoms with Crippen LogP contribution in [0.5, 0.6) is 0 Å². The van der Waals surface area contributed by atoms with Crippen molar-refractivity contribution in [2.24, 2.45) is 0 Å². The summed E-state index contributed by atoms with van der Waals surface area (Å²) in [7, 11) is 0. The van der Waals surface area contributed by atoms with Crippen LogP contribution in [0.1, 0.15) is 23.2 Å². The van der Waals surface area contributed by atoms with Crippen LogP contribution in [0.4, 0.5) is 0 Å². The van der Waals surface area contributed by atoms with Gasteiger partial charge in [-0.05, 0) is 24.3 Å². The van der Waals surface area contributed by atoms with Crippen molar-refractivity contribution in [2.45, 2.75) is 30.8 Å². The highest BCUT2D eigenvalue weighted by Crippen LogP contribution is 2.33. The minimum Gasteiger partial charge on any atom is -0.381 e. The predicted octanol–water partition coefficient (Wildman–Crippen LogP) is 1.89. The Bertz CT molecular complexity index is 726. The van der Waals surface area contributed by atoms with E-state index in [9.17, 15) is 9.59 Å². The summed E-state index contributed by atoms with van der Waals surface area (Å²) >= 11 is 7.46. The van der Waals surface area contributed by atoms with Gasteiger partial charge < -0.3 is 24.4 Å². The number of ether oxygens (including phenoxy) is 3. The lowest BCUT2D eigenvalue weighted by Gasteiger charge is -2.31. The molecule has 3 aliphatic heterocycles. The zero-order valence-electron chi connectivity index (χ0n) is 15.4. The monoisotopic (exact) mass is 426 g/mol. The van der Waals surface area contributed by atoms with Crippen LogP contribution in [0.3, 0.4) is 0 Å². The second kappa shape index (κ2) is 8.59. The first-order chi connectivity index (χ1) is 13.6. The summed E-state index contributed by atoms with van der Waals surface area (Å²) in [5.41, 5.74) is 0.527. The predicted molar refractivity (Wildman–Crippen MR) is 105 cm³/mol. The molecule has 2 amide bonds. The third-order valence-corrected chi connectivity index (χ3v) is 6.47. The molecule has 3 fully saturated rings. The van der Waals surface area contributed by atoms with Gasteiger partial charge in [-0.15, -0.1) is 11.8 Å². The maximum Gasteiger partial charge on any atom is 0.255 e. The van der Waals surface area contributed by atoms with Crippen LogP contribution >= 0.6 is 23.4 Å². The highest BCUT2D eigenvalue weighted by Gasteiger charge is 2.43. The lowest BCUT2D eigenvalue weighted by molar-refractivity contribution is -0.210. The van der Waals surface area contributed by atoms with E-state index in [1.165, 1.54) is 0 Å². The van der Waals surface area contributed by atoms with Crippen molar-refractivity contribution in [2.75, 3.05) is 38.0 Å². The number of carbonyl (C=O) groups excluding carboxylic acids is 2. The normalized spacial score (nSPS) is 26.5. The van der Waals surface area contributed by atoms with Crippen molar-refractivity contribution < 1.29 is 23.8 Å². The number of halogens is 1. The summed E-state index contributed by atoms with van der Waals surface area (Å²) in [6.45, 7) is 2.07. The third kappa shape index (κ3) is 4.31. The van der Waals surface area contributed by atoms with Crippen LogP contribution in [0.25, 0.3) is 0 Å². The van der Waals surface area contributed by atoms with E-state index in [-0.39, 0.29) is 17.9 Å². The van der Waals surface area contributed by atoms with Gasteiger partial charge in [0.25, 0.3) is 5.91 Å². The molecule has 28 heavy (non-hydrogen) atoms. The first kappa shape index (κ1) is 20.0. The topological polar surface area (TPSA) is 77.1 Å². The van der Waals surface area contributed by atoms with Gasteiger partial charge in [0.15, 0.2) is 5.79 Å². The molecular formula is C19H23ClN2O5S. The summed E-state index contributed by atoms with van der Waals surface area (Å²) in [6, 6.07) is 6.22. The van der Waals surface area contributed by atoms with Crippen molar-refractivity contribution in [1.82, 2.24) is 10.2 Å². The highest BCUT2D eigenvalue weighted by atomic mass is 35.5. The fourth-order valence-corrected chi connectivity index (χ4v) is 4.89. The van der Waals surface area contributed by atoms with Crippen molar-refractivity contribution >= 4 is 35.2 Å².